The van der Waals surface area contributed by atoms with E-state index in [-0.39, 0.29) is 5.91 Å². The number of carbonyl (C=O) groups is 1. The number of hydrogen-bond donors (Lipinski definition) is 0. The van der Waals surface area contributed by atoms with Crippen LogP contribution in [-0.2, 0) is 14.9 Å². The van der Waals surface area contributed by atoms with Crippen molar-refractivity contribution in [1.29, 1.82) is 0 Å². The molecule has 3 heterocycles. The molecule has 0 N–H and O–H groups in total. The number of hydrogen-bond acceptors (Lipinski definition) is 4. The molecular formula is C22H23NO4. The Kier molecular flexibility index (Phi) is 3.86. The second-order valence-corrected chi connectivity index (χ2v) is 7.54. The highest BCUT2D eigenvalue weighted by Gasteiger charge is 2.56. The topological polar surface area (TPSA) is 48.0 Å². The fourth-order valence-corrected chi connectivity index (χ4v) is 4.66. The van der Waals surface area contributed by atoms with E-state index in [1.165, 1.54) is 0 Å². The number of amides is 1. The van der Waals surface area contributed by atoms with E-state index < -0.39 is 5.41 Å². The lowest BCUT2D eigenvalue weighted by molar-refractivity contribution is -0.122. The molecule has 1 amide bonds. The van der Waals surface area contributed by atoms with Gasteiger partial charge in [-0.1, -0.05) is 24.3 Å². The molecule has 5 nitrogen and oxygen atoms in total. The number of rotatable bonds is 3. The van der Waals surface area contributed by atoms with Gasteiger partial charge in [0.2, 0.25) is 5.91 Å². The van der Waals surface area contributed by atoms with Crippen molar-refractivity contribution < 1.29 is 19.0 Å². The smallest absolute Gasteiger partial charge is 0.245 e. The van der Waals surface area contributed by atoms with Gasteiger partial charge in [0, 0.05) is 37.1 Å². The lowest BCUT2D eigenvalue weighted by Crippen LogP contribution is -2.44. The van der Waals surface area contributed by atoms with Gasteiger partial charge in [0.1, 0.15) is 23.5 Å². The van der Waals surface area contributed by atoms with E-state index in [0.717, 1.165) is 60.9 Å². The Morgan fingerprint density at radius 1 is 1.15 bits per heavy atom. The predicted octanol–water partition coefficient (Wildman–Crippen LogP) is 3.15. The van der Waals surface area contributed by atoms with Crippen molar-refractivity contribution in [3.05, 3.63) is 53.6 Å². The fourth-order valence-electron chi connectivity index (χ4n) is 4.66. The van der Waals surface area contributed by atoms with Crippen LogP contribution in [0.3, 0.4) is 0 Å². The van der Waals surface area contributed by atoms with Gasteiger partial charge >= 0.3 is 0 Å². The monoisotopic (exact) mass is 365 g/mol. The first-order valence-corrected chi connectivity index (χ1v) is 9.54. The SMILES string of the molecule is COc1ccc2c(c1)OCC21C(=O)N(CC2CCOCC2)c2ccccc21. The van der Waals surface area contributed by atoms with E-state index in [1.54, 1.807) is 7.11 Å². The van der Waals surface area contributed by atoms with Crippen LogP contribution in [0.15, 0.2) is 42.5 Å². The van der Waals surface area contributed by atoms with Crippen molar-refractivity contribution in [3.63, 3.8) is 0 Å². The van der Waals surface area contributed by atoms with Gasteiger partial charge in [-0.2, -0.15) is 0 Å². The van der Waals surface area contributed by atoms with Crippen LogP contribution in [0.5, 0.6) is 11.5 Å². The van der Waals surface area contributed by atoms with Gasteiger partial charge in [-0.25, -0.2) is 0 Å². The summed E-state index contributed by atoms with van der Waals surface area (Å²) in [5.74, 6) is 2.08. The van der Waals surface area contributed by atoms with Gasteiger partial charge in [0.25, 0.3) is 0 Å². The normalized spacial score (nSPS) is 24.0. The maximum atomic E-state index is 13.8. The molecule has 1 unspecified atom stereocenters. The predicted molar refractivity (Wildman–Crippen MR) is 102 cm³/mol. The molecule has 2 aromatic rings. The zero-order chi connectivity index (χ0) is 18.4. The molecule has 1 fully saturated rings. The van der Waals surface area contributed by atoms with Crippen molar-refractivity contribution in [2.45, 2.75) is 18.3 Å². The van der Waals surface area contributed by atoms with Crippen molar-refractivity contribution in [1.82, 2.24) is 0 Å². The van der Waals surface area contributed by atoms with Crippen LogP contribution < -0.4 is 14.4 Å². The van der Waals surface area contributed by atoms with Crippen molar-refractivity contribution in [2.24, 2.45) is 5.92 Å². The zero-order valence-corrected chi connectivity index (χ0v) is 15.4. The summed E-state index contributed by atoms with van der Waals surface area (Å²) in [6.07, 6.45) is 2.01. The molecule has 140 valence electrons. The second kappa shape index (κ2) is 6.27. The lowest BCUT2D eigenvalue weighted by atomic mass is 9.77. The third-order valence-corrected chi connectivity index (χ3v) is 6.14. The van der Waals surface area contributed by atoms with Gasteiger partial charge in [-0.15, -0.1) is 0 Å². The van der Waals surface area contributed by atoms with Crippen LogP contribution in [0.25, 0.3) is 0 Å². The Hall–Kier alpha value is -2.53. The summed E-state index contributed by atoms with van der Waals surface area (Å²) in [5.41, 5.74) is 2.26. The summed E-state index contributed by atoms with van der Waals surface area (Å²) in [5, 5.41) is 0. The molecule has 5 heteroatoms. The zero-order valence-electron chi connectivity index (χ0n) is 15.4. The average Bonchev–Trinajstić information content (AvgIpc) is 3.21. The Bertz CT molecular complexity index is 890. The summed E-state index contributed by atoms with van der Waals surface area (Å²) in [7, 11) is 1.64. The Morgan fingerprint density at radius 3 is 2.78 bits per heavy atom. The average molecular weight is 365 g/mol. The van der Waals surface area contributed by atoms with Crippen LogP contribution in [0.4, 0.5) is 5.69 Å². The van der Waals surface area contributed by atoms with E-state index in [0.29, 0.717) is 12.5 Å². The number of para-hydroxylation sites is 1. The van der Waals surface area contributed by atoms with Crippen LogP contribution in [0, 0.1) is 5.92 Å². The molecule has 1 saturated heterocycles. The summed E-state index contributed by atoms with van der Waals surface area (Å²) in [6.45, 7) is 2.65. The van der Waals surface area contributed by atoms with E-state index in [9.17, 15) is 4.79 Å². The number of methoxy groups -OCH3 is 1. The maximum Gasteiger partial charge on any atom is 0.245 e. The van der Waals surface area contributed by atoms with Crippen LogP contribution >= 0.6 is 0 Å². The third kappa shape index (κ3) is 2.38. The number of benzene rings is 2. The van der Waals surface area contributed by atoms with Gasteiger partial charge in [0.15, 0.2) is 0 Å². The second-order valence-electron chi connectivity index (χ2n) is 7.54. The maximum absolute atomic E-state index is 13.8. The molecule has 1 atom stereocenters. The molecule has 1 spiro atoms. The largest absolute Gasteiger partial charge is 0.497 e. The number of nitrogens with zero attached hydrogens (tertiary/aromatic N) is 1. The van der Waals surface area contributed by atoms with Crippen LogP contribution in [-0.4, -0.2) is 39.4 Å². The Morgan fingerprint density at radius 2 is 1.96 bits per heavy atom. The molecule has 0 aliphatic carbocycles. The Labute approximate surface area is 158 Å². The van der Waals surface area contributed by atoms with Crippen LogP contribution in [0.2, 0.25) is 0 Å². The highest BCUT2D eigenvalue weighted by atomic mass is 16.5. The highest BCUT2D eigenvalue weighted by molar-refractivity contribution is 6.11. The van der Waals surface area contributed by atoms with E-state index >= 15 is 0 Å². The third-order valence-electron chi connectivity index (χ3n) is 6.14. The molecule has 0 saturated carbocycles. The van der Waals surface area contributed by atoms with Crippen molar-refractivity contribution in [2.75, 3.05) is 38.4 Å². The van der Waals surface area contributed by atoms with E-state index in [2.05, 4.69) is 12.1 Å². The first-order valence-electron chi connectivity index (χ1n) is 9.54. The summed E-state index contributed by atoms with van der Waals surface area (Å²) in [4.78, 5) is 15.7. The molecule has 3 aliphatic heterocycles. The molecular weight excluding hydrogens is 342 g/mol. The quantitative estimate of drug-likeness (QED) is 0.838. The minimum absolute atomic E-state index is 0.124. The highest BCUT2D eigenvalue weighted by Crippen LogP contribution is 2.53. The standard InChI is InChI=1S/C22H23NO4/c1-25-16-6-7-18-20(12-16)27-14-22(18)17-4-2-3-5-19(17)23(21(22)24)13-15-8-10-26-11-9-15/h2-7,12,15H,8-11,13-14H2,1H3. The first kappa shape index (κ1) is 16.6. The molecule has 2 aromatic carbocycles. The van der Waals surface area contributed by atoms with E-state index in [4.69, 9.17) is 14.2 Å². The summed E-state index contributed by atoms with van der Waals surface area (Å²) < 4.78 is 16.8. The van der Waals surface area contributed by atoms with Crippen molar-refractivity contribution in [3.8, 4) is 11.5 Å². The van der Waals surface area contributed by atoms with Crippen molar-refractivity contribution >= 4 is 11.6 Å². The van der Waals surface area contributed by atoms with Gasteiger partial charge in [-0.05, 0) is 36.5 Å². The molecule has 5 rings (SSSR count). The number of anilines is 1. The number of carbonyl (C=O) groups excluding carboxylic acids is 1. The summed E-state index contributed by atoms with van der Waals surface area (Å²) in [6, 6.07) is 13.9. The van der Waals surface area contributed by atoms with E-state index in [1.807, 2.05) is 35.2 Å². The van der Waals surface area contributed by atoms with Gasteiger partial charge in [0.05, 0.1) is 7.11 Å². The first-order chi connectivity index (χ1) is 13.2. The summed E-state index contributed by atoms with van der Waals surface area (Å²) >= 11 is 0. The molecule has 3 aliphatic rings. The molecule has 0 aromatic heterocycles. The fraction of sp³-hybridized carbons (Fsp3) is 0.409. The Balaban J connectivity index is 1.58. The van der Waals surface area contributed by atoms with Gasteiger partial charge in [-0.3, -0.25) is 4.79 Å². The molecule has 27 heavy (non-hydrogen) atoms. The van der Waals surface area contributed by atoms with Gasteiger partial charge < -0.3 is 19.1 Å². The number of ether oxygens (including phenoxy) is 3. The minimum Gasteiger partial charge on any atom is -0.497 e. The minimum atomic E-state index is -0.747. The molecule has 0 bridgehead atoms. The van der Waals surface area contributed by atoms with Crippen LogP contribution in [0.1, 0.15) is 24.0 Å². The lowest BCUT2D eigenvalue weighted by Gasteiger charge is -2.28. The molecule has 0 radical (unpaired) electrons. The number of fused-ring (bicyclic) bond motifs is 4.